The maximum atomic E-state index is 11.8. The SMILES string of the molecule is CC(=O)N(CCNC(=O)Nc1ccccc1)CCN1CCOCC1. The van der Waals surface area contributed by atoms with Gasteiger partial charge in [-0.15, -0.1) is 0 Å². The van der Waals surface area contributed by atoms with E-state index in [1.807, 2.05) is 30.3 Å². The molecule has 0 radical (unpaired) electrons. The van der Waals surface area contributed by atoms with Crippen molar-refractivity contribution in [3.05, 3.63) is 30.3 Å². The Morgan fingerprint density at radius 2 is 1.88 bits per heavy atom. The van der Waals surface area contributed by atoms with Crippen molar-refractivity contribution in [2.45, 2.75) is 6.92 Å². The van der Waals surface area contributed by atoms with Gasteiger partial charge in [0, 0.05) is 51.9 Å². The van der Waals surface area contributed by atoms with Gasteiger partial charge in [0.2, 0.25) is 5.91 Å². The van der Waals surface area contributed by atoms with Gasteiger partial charge in [-0.1, -0.05) is 18.2 Å². The zero-order valence-electron chi connectivity index (χ0n) is 14.2. The summed E-state index contributed by atoms with van der Waals surface area (Å²) in [6.07, 6.45) is 0. The molecule has 0 bridgehead atoms. The van der Waals surface area contributed by atoms with Crippen LogP contribution in [0.25, 0.3) is 0 Å². The van der Waals surface area contributed by atoms with Crippen LogP contribution in [0.2, 0.25) is 0 Å². The summed E-state index contributed by atoms with van der Waals surface area (Å²) < 4.78 is 5.32. The average molecular weight is 334 g/mol. The van der Waals surface area contributed by atoms with Crippen molar-refractivity contribution < 1.29 is 14.3 Å². The van der Waals surface area contributed by atoms with Crippen LogP contribution in [-0.4, -0.2) is 74.2 Å². The van der Waals surface area contributed by atoms with Crippen molar-refractivity contribution in [1.29, 1.82) is 0 Å². The first-order valence-electron chi connectivity index (χ1n) is 8.30. The number of nitrogens with zero attached hydrogens (tertiary/aromatic N) is 2. The molecular formula is C17H26N4O3. The lowest BCUT2D eigenvalue weighted by Crippen LogP contribution is -2.45. The smallest absolute Gasteiger partial charge is 0.319 e. The van der Waals surface area contributed by atoms with Gasteiger partial charge in [-0.3, -0.25) is 9.69 Å². The first-order valence-corrected chi connectivity index (χ1v) is 8.30. The molecule has 7 nitrogen and oxygen atoms in total. The molecule has 2 N–H and O–H groups in total. The number of amides is 3. The summed E-state index contributed by atoms with van der Waals surface area (Å²) in [6.45, 7) is 7.29. The van der Waals surface area contributed by atoms with Crippen LogP contribution in [0.5, 0.6) is 0 Å². The number of hydrogen-bond acceptors (Lipinski definition) is 4. The number of rotatable bonds is 7. The predicted molar refractivity (Wildman–Crippen MR) is 93.0 cm³/mol. The molecule has 0 atom stereocenters. The van der Waals surface area contributed by atoms with Crippen molar-refractivity contribution in [3.63, 3.8) is 0 Å². The van der Waals surface area contributed by atoms with Crippen LogP contribution in [-0.2, 0) is 9.53 Å². The van der Waals surface area contributed by atoms with E-state index in [-0.39, 0.29) is 11.9 Å². The normalized spacial score (nSPS) is 14.9. The fourth-order valence-corrected chi connectivity index (χ4v) is 2.51. The lowest BCUT2D eigenvalue weighted by atomic mass is 10.3. The first-order chi connectivity index (χ1) is 11.6. The summed E-state index contributed by atoms with van der Waals surface area (Å²) in [6, 6.07) is 8.99. The highest BCUT2D eigenvalue weighted by atomic mass is 16.5. The molecule has 1 aromatic carbocycles. The molecule has 24 heavy (non-hydrogen) atoms. The largest absolute Gasteiger partial charge is 0.379 e. The summed E-state index contributed by atoms with van der Waals surface area (Å²) in [4.78, 5) is 27.6. The molecule has 1 aromatic rings. The average Bonchev–Trinajstić information content (AvgIpc) is 2.59. The molecular weight excluding hydrogens is 308 g/mol. The Bertz CT molecular complexity index is 518. The molecule has 132 valence electrons. The fourth-order valence-electron chi connectivity index (χ4n) is 2.51. The third kappa shape index (κ3) is 6.55. The van der Waals surface area contributed by atoms with Crippen molar-refractivity contribution in [1.82, 2.24) is 15.1 Å². The minimum Gasteiger partial charge on any atom is -0.379 e. The maximum Gasteiger partial charge on any atom is 0.319 e. The highest BCUT2D eigenvalue weighted by Gasteiger charge is 2.14. The van der Waals surface area contributed by atoms with E-state index in [4.69, 9.17) is 4.74 Å². The molecule has 1 aliphatic rings. The van der Waals surface area contributed by atoms with E-state index in [2.05, 4.69) is 15.5 Å². The summed E-state index contributed by atoms with van der Waals surface area (Å²) in [5.41, 5.74) is 0.741. The lowest BCUT2D eigenvalue weighted by Gasteiger charge is -2.29. The minimum absolute atomic E-state index is 0.0218. The Hall–Kier alpha value is -2.12. The van der Waals surface area contributed by atoms with E-state index in [0.29, 0.717) is 19.6 Å². The predicted octanol–water partition coefficient (Wildman–Crippen LogP) is 0.989. The highest BCUT2D eigenvalue weighted by Crippen LogP contribution is 2.04. The van der Waals surface area contributed by atoms with Crippen LogP contribution in [0.3, 0.4) is 0 Å². The second-order valence-electron chi connectivity index (χ2n) is 5.71. The highest BCUT2D eigenvalue weighted by molar-refractivity contribution is 5.89. The Morgan fingerprint density at radius 1 is 1.17 bits per heavy atom. The molecule has 0 spiro atoms. The number of anilines is 1. The molecule has 0 aliphatic carbocycles. The van der Waals surface area contributed by atoms with E-state index in [1.54, 1.807) is 11.8 Å². The molecule has 1 heterocycles. The van der Waals surface area contributed by atoms with Crippen molar-refractivity contribution in [2.75, 3.05) is 57.8 Å². The van der Waals surface area contributed by atoms with E-state index in [9.17, 15) is 9.59 Å². The van der Waals surface area contributed by atoms with Gasteiger partial charge in [0.1, 0.15) is 0 Å². The van der Waals surface area contributed by atoms with Crippen LogP contribution in [0.15, 0.2) is 30.3 Å². The summed E-state index contributed by atoms with van der Waals surface area (Å²) in [5, 5.41) is 5.53. The number of carbonyl (C=O) groups is 2. The molecule has 3 amide bonds. The molecule has 7 heteroatoms. The zero-order chi connectivity index (χ0) is 17.2. The second-order valence-corrected chi connectivity index (χ2v) is 5.71. The number of benzene rings is 1. The van der Waals surface area contributed by atoms with Crippen LogP contribution < -0.4 is 10.6 Å². The molecule has 2 rings (SSSR count). The van der Waals surface area contributed by atoms with E-state index < -0.39 is 0 Å². The Morgan fingerprint density at radius 3 is 2.54 bits per heavy atom. The van der Waals surface area contributed by atoms with E-state index in [0.717, 1.165) is 38.5 Å². The summed E-state index contributed by atoms with van der Waals surface area (Å²) in [5.74, 6) is 0.0218. The number of morpholine rings is 1. The Balaban J connectivity index is 1.67. The van der Waals surface area contributed by atoms with Gasteiger partial charge in [-0.2, -0.15) is 0 Å². The van der Waals surface area contributed by atoms with Crippen molar-refractivity contribution in [2.24, 2.45) is 0 Å². The van der Waals surface area contributed by atoms with Crippen LogP contribution in [0, 0.1) is 0 Å². The van der Waals surface area contributed by atoms with E-state index >= 15 is 0 Å². The second kappa shape index (κ2) is 9.89. The Kier molecular flexibility index (Phi) is 7.51. The van der Waals surface area contributed by atoms with Gasteiger partial charge in [-0.05, 0) is 12.1 Å². The van der Waals surface area contributed by atoms with Crippen molar-refractivity contribution in [3.8, 4) is 0 Å². The number of para-hydroxylation sites is 1. The monoisotopic (exact) mass is 334 g/mol. The number of ether oxygens (including phenoxy) is 1. The van der Waals surface area contributed by atoms with Gasteiger partial charge < -0.3 is 20.3 Å². The van der Waals surface area contributed by atoms with Crippen LogP contribution >= 0.6 is 0 Å². The van der Waals surface area contributed by atoms with E-state index in [1.165, 1.54) is 0 Å². The fraction of sp³-hybridized carbons (Fsp3) is 0.529. The zero-order valence-corrected chi connectivity index (χ0v) is 14.2. The van der Waals surface area contributed by atoms with Crippen LogP contribution in [0.1, 0.15) is 6.92 Å². The van der Waals surface area contributed by atoms with Crippen molar-refractivity contribution >= 4 is 17.6 Å². The number of carbonyl (C=O) groups excluding carboxylic acids is 2. The quantitative estimate of drug-likeness (QED) is 0.780. The van der Waals surface area contributed by atoms with Gasteiger partial charge >= 0.3 is 6.03 Å². The van der Waals surface area contributed by atoms with Gasteiger partial charge in [0.05, 0.1) is 13.2 Å². The lowest BCUT2D eigenvalue weighted by molar-refractivity contribution is -0.129. The standard InChI is InChI=1S/C17H26N4O3/c1-15(22)21(10-9-20-11-13-24-14-12-20)8-7-18-17(23)19-16-5-3-2-4-6-16/h2-6H,7-14H2,1H3,(H2,18,19,23). The number of hydrogen-bond donors (Lipinski definition) is 2. The first kappa shape index (κ1) is 18.2. The minimum atomic E-state index is -0.266. The third-order valence-electron chi connectivity index (χ3n) is 3.93. The van der Waals surface area contributed by atoms with Gasteiger partial charge in [0.25, 0.3) is 0 Å². The maximum absolute atomic E-state index is 11.8. The summed E-state index contributed by atoms with van der Waals surface area (Å²) in [7, 11) is 0. The molecule has 0 saturated carbocycles. The Labute approximate surface area is 142 Å². The third-order valence-corrected chi connectivity index (χ3v) is 3.93. The molecule has 0 aromatic heterocycles. The summed E-state index contributed by atoms with van der Waals surface area (Å²) >= 11 is 0. The molecule has 1 aliphatic heterocycles. The molecule has 1 fully saturated rings. The molecule has 0 unspecified atom stereocenters. The molecule has 1 saturated heterocycles. The number of urea groups is 1. The number of nitrogens with one attached hydrogen (secondary N) is 2. The van der Waals surface area contributed by atoms with Crippen LogP contribution in [0.4, 0.5) is 10.5 Å². The topological polar surface area (TPSA) is 73.9 Å². The van der Waals surface area contributed by atoms with Gasteiger partial charge in [-0.25, -0.2) is 4.79 Å². The van der Waals surface area contributed by atoms with Gasteiger partial charge in [0.15, 0.2) is 0 Å².